The van der Waals surface area contributed by atoms with E-state index in [2.05, 4.69) is 12.2 Å². The van der Waals surface area contributed by atoms with Crippen LogP contribution in [0.4, 0.5) is 5.69 Å². The van der Waals surface area contributed by atoms with Crippen LogP contribution in [-0.4, -0.2) is 25.2 Å². The predicted molar refractivity (Wildman–Crippen MR) is 119 cm³/mol. The third-order valence-electron chi connectivity index (χ3n) is 4.48. The molecule has 0 spiro atoms. The second-order valence-corrected chi connectivity index (χ2v) is 6.85. The van der Waals surface area contributed by atoms with Crippen LogP contribution in [0.3, 0.4) is 0 Å². The monoisotopic (exact) mass is 405 g/mol. The summed E-state index contributed by atoms with van der Waals surface area (Å²) < 4.78 is 17.1. The molecule has 30 heavy (non-hydrogen) atoms. The predicted octanol–water partition coefficient (Wildman–Crippen LogP) is 5.57. The number of para-hydroxylation sites is 1. The molecule has 1 amide bonds. The van der Waals surface area contributed by atoms with Gasteiger partial charge in [0.25, 0.3) is 5.91 Å². The first-order valence-electron chi connectivity index (χ1n) is 10.1. The van der Waals surface area contributed by atoms with Crippen molar-refractivity contribution in [2.45, 2.75) is 26.4 Å². The highest BCUT2D eigenvalue weighted by atomic mass is 16.5. The van der Waals surface area contributed by atoms with Gasteiger partial charge in [-0.2, -0.15) is 0 Å². The van der Waals surface area contributed by atoms with E-state index in [1.807, 2.05) is 67.6 Å². The maximum atomic E-state index is 12.5. The minimum atomic E-state index is -0.186. The van der Waals surface area contributed by atoms with E-state index < -0.39 is 0 Å². The smallest absolute Gasteiger partial charge is 0.255 e. The highest BCUT2D eigenvalue weighted by Gasteiger charge is 2.08. The van der Waals surface area contributed by atoms with Crippen molar-refractivity contribution in [2.24, 2.45) is 0 Å². The zero-order chi connectivity index (χ0) is 21.2. The van der Waals surface area contributed by atoms with E-state index in [9.17, 15) is 4.79 Å². The van der Waals surface area contributed by atoms with Gasteiger partial charge in [0.15, 0.2) is 0 Å². The van der Waals surface area contributed by atoms with E-state index in [4.69, 9.17) is 14.2 Å². The lowest BCUT2D eigenvalue weighted by Gasteiger charge is -2.13. The van der Waals surface area contributed by atoms with Crippen LogP contribution in [0, 0.1) is 0 Å². The normalized spacial score (nSPS) is 11.4. The molecular formula is C25H27NO4. The molecule has 5 heteroatoms. The number of rotatable bonds is 10. The number of nitrogens with one attached hydrogen (secondary N) is 1. The molecule has 3 rings (SSSR count). The first-order chi connectivity index (χ1) is 14.6. The lowest BCUT2D eigenvalue weighted by Crippen LogP contribution is -2.13. The van der Waals surface area contributed by atoms with E-state index in [1.54, 1.807) is 18.2 Å². The van der Waals surface area contributed by atoms with Gasteiger partial charge in [-0.25, -0.2) is 0 Å². The maximum absolute atomic E-state index is 12.5. The largest absolute Gasteiger partial charge is 0.491 e. The standard InChI is InChI=1S/C25H27NO4/c1-3-19(2)30-23-14-12-20(13-15-23)25(27)26-21-8-7-11-24(18-21)29-17-16-28-22-9-5-4-6-10-22/h4-15,18-19H,3,16-17H2,1-2H3,(H,26,27). The Morgan fingerprint density at radius 1 is 0.833 bits per heavy atom. The molecule has 0 fully saturated rings. The summed E-state index contributed by atoms with van der Waals surface area (Å²) in [6.07, 6.45) is 1.07. The van der Waals surface area contributed by atoms with Crippen molar-refractivity contribution in [1.29, 1.82) is 0 Å². The summed E-state index contributed by atoms with van der Waals surface area (Å²) in [5.74, 6) is 2.05. The number of benzene rings is 3. The molecule has 0 bridgehead atoms. The zero-order valence-electron chi connectivity index (χ0n) is 17.3. The molecule has 156 valence electrons. The van der Waals surface area contributed by atoms with E-state index in [1.165, 1.54) is 0 Å². The molecule has 0 radical (unpaired) electrons. The molecule has 0 saturated heterocycles. The summed E-state index contributed by atoms with van der Waals surface area (Å²) in [6.45, 7) is 4.93. The number of ether oxygens (including phenoxy) is 3. The van der Waals surface area contributed by atoms with Gasteiger partial charge in [-0.05, 0) is 61.9 Å². The van der Waals surface area contributed by atoms with Gasteiger partial charge in [-0.3, -0.25) is 4.79 Å². The van der Waals surface area contributed by atoms with Gasteiger partial charge >= 0.3 is 0 Å². The summed E-state index contributed by atoms with van der Waals surface area (Å²) in [7, 11) is 0. The Labute approximate surface area is 177 Å². The van der Waals surface area contributed by atoms with Crippen LogP contribution in [0.2, 0.25) is 0 Å². The van der Waals surface area contributed by atoms with Gasteiger partial charge in [0.2, 0.25) is 0 Å². The van der Waals surface area contributed by atoms with Crippen LogP contribution >= 0.6 is 0 Å². The van der Waals surface area contributed by atoms with Crippen molar-refractivity contribution in [1.82, 2.24) is 0 Å². The quantitative estimate of drug-likeness (QED) is 0.448. The first-order valence-corrected chi connectivity index (χ1v) is 10.1. The van der Waals surface area contributed by atoms with Crippen molar-refractivity contribution >= 4 is 11.6 Å². The molecule has 0 heterocycles. The molecule has 0 aromatic heterocycles. The van der Waals surface area contributed by atoms with Gasteiger partial charge in [-0.1, -0.05) is 31.2 Å². The summed E-state index contributed by atoms with van der Waals surface area (Å²) >= 11 is 0. The lowest BCUT2D eigenvalue weighted by atomic mass is 10.2. The molecule has 1 N–H and O–H groups in total. The minimum absolute atomic E-state index is 0.144. The molecule has 5 nitrogen and oxygen atoms in total. The maximum Gasteiger partial charge on any atom is 0.255 e. The van der Waals surface area contributed by atoms with Crippen molar-refractivity contribution < 1.29 is 19.0 Å². The number of hydrogen-bond acceptors (Lipinski definition) is 4. The summed E-state index contributed by atoms with van der Waals surface area (Å²) in [5, 5.41) is 2.90. The van der Waals surface area contributed by atoms with Crippen molar-refractivity contribution in [3.63, 3.8) is 0 Å². The van der Waals surface area contributed by atoms with E-state index in [0.717, 1.165) is 17.9 Å². The van der Waals surface area contributed by atoms with Crippen LogP contribution < -0.4 is 19.5 Å². The Bertz CT molecular complexity index is 925. The fourth-order valence-electron chi connectivity index (χ4n) is 2.70. The van der Waals surface area contributed by atoms with Crippen LogP contribution in [0.25, 0.3) is 0 Å². The molecule has 3 aromatic rings. The van der Waals surface area contributed by atoms with Gasteiger partial charge in [0.1, 0.15) is 30.5 Å². The summed E-state index contributed by atoms with van der Waals surface area (Å²) in [6, 6.07) is 24.0. The summed E-state index contributed by atoms with van der Waals surface area (Å²) in [5.41, 5.74) is 1.23. The van der Waals surface area contributed by atoms with Gasteiger partial charge in [-0.15, -0.1) is 0 Å². The Morgan fingerprint density at radius 2 is 1.50 bits per heavy atom. The second kappa shape index (κ2) is 10.9. The van der Waals surface area contributed by atoms with Gasteiger partial charge in [0.05, 0.1) is 6.10 Å². The van der Waals surface area contributed by atoms with E-state index >= 15 is 0 Å². The Morgan fingerprint density at radius 3 is 2.20 bits per heavy atom. The van der Waals surface area contributed by atoms with E-state index in [0.29, 0.717) is 30.2 Å². The highest BCUT2D eigenvalue weighted by molar-refractivity contribution is 6.04. The average molecular weight is 405 g/mol. The van der Waals surface area contributed by atoms with Gasteiger partial charge < -0.3 is 19.5 Å². The highest BCUT2D eigenvalue weighted by Crippen LogP contribution is 2.20. The average Bonchev–Trinajstić information content (AvgIpc) is 2.78. The van der Waals surface area contributed by atoms with Crippen LogP contribution in [0.5, 0.6) is 17.2 Å². The topological polar surface area (TPSA) is 56.8 Å². The number of hydrogen-bond donors (Lipinski definition) is 1. The number of carbonyl (C=O) groups is 1. The molecule has 0 aliphatic rings. The van der Waals surface area contributed by atoms with Gasteiger partial charge in [0, 0.05) is 17.3 Å². The minimum Gasteiger partial charge on any atom is -0.491 e. The molecule has 1 atom stereocenters. The van der Waals surface area contributed by atoms with Crippen LogP contribution in [0.15, 0.2) is 78.9 Å². The number of anilines is 1. The SMILES string of the molecule is CCC(C)Oc1ccc(C(=O)Nc2cccc(OCCOc3ccccc3)c2)cc1. The first kappa shape index (κ1) is 21.2. The third-order valence-corrected chi connectivity index (χ3v) is 4.48. The fourth-order valence-corrected chi connectivity index (χ4v) is 2.70. The Balaban J connectivity index is 1.49. The van der Waals surface area contributed by atoms with Crippen LogP contribution in [0.1, 0.15) is 30.6 Å². The molecule has 1 unspecified atom stereocenters. The lowest BCUT2D eigenvalue weighted by molar-refractivity contribution is 0.102. The van der Waals surface area contributed by atoms with Crippen LogP contribution in [-0.2, 0) is 0 Å². The van der Waals surface area contributed by atoms with Crippen molar-refractivity contribution in [2.75, 3.05) is 18.5 Å². The van der Waals surface area contributed by atoms with Crippen molar-refractivity contribution in [3.8, 4) is 17.2 Å². The molecule has 3 aromatic carbocycles. The third kappa shape index (κ3) is 6.55. The Kier molecular flexibility index (Phi) is 7.72. The second-order valence-electron chi connectivity index (χ2n) is 6.85. The molecule has 0 saturated carbocycles. The Hall–Kier alpha value is -3.47. The molecular weight excluding hydrogens is 378 g/mol. The number of amides is 1. The molecule has 0 aliphatic heterocycles. The van der Waals surface area contributed by atoms with E-state index in [-0.39, 0.29) is 12.0 Å². The van der Waals surface area contributed by atoms with Crippen molar-refractivity contribution in [3.05, 3.63) is 84.4 Å². The number of carbonyl (C=O) groups excluding carboxylic acids is 1. The fraction of sp³-hybridized carbons (Fsp3) is 0.240. The molecule has 0 aliphatic carbocycles. The summed E-state index contributed by atoms with van der Waals surface area (Å²) in [4.78, 5) is 12.5. The zero-order valence-corrected chi connectivity index (χ0v) is 17.3.